The van der Waals surface area contributed by atoms with Gasteiger partial charge in [-0.05, 0) is 32.4 Å². The van der Waals surface area contributed by atoms with Crippen LogP contribution in [-0.2, 0) is 0 Å². The average Bonchev–Trinajstić information content (AvgIpc) is 2.86. The first-order valence-corrected chi connectivity index (χ1v) is 7.73. The van der Waals surface area contributed by atoms with Gasteiger partial charge in [-0.25, -0.2) is 10.0 Å². The number of rotatable bonds is 6. The maximum atomic E-state index is 9.88. The fraction of sp³-hybridized carbons (Fsp3) is 0.438. The van der Waals surface area contributed by atoms with Crippen molar-refractivity contribution in [2.45, 2.75) is 26.8 Å². The summed E-state index contributed by atoms with van der Waals surface area (Å²) in [7, 11) is 0. The molecule has 5 N–H and O–H groups in total. The summed E-state index contributed by atoms with van der Waals surface area (Å²) < 4.78 is 0. The quantitative estimate of drug-likeness (QED) is 0.535. The number of benzene rings is 1. The summed E-state index contributed by atoms with van der Waals surface area (Å²) in [5.41, 5.74) is 2.30. The smallest absolute Gasteiger partial charge is 0.169 e. The first-order chi connectivity index (χ1) is 11.4. The van der Waals surface area contributed by atoms with Gasteiger partial charge in [0.05, 0.1) is 24.6 Å². The van der Waals surface area contributed by atoms with Gasteiger partial charge in [0.25, 0.3) is 0 Å². The van der Waals surface area contributed by atoms with Crippen LogP contribution in [0.3, 0.4) is 0 Å². The van der Waals surface area contributed by atoms with Crippen molar-refractivity contribution in [3.05, 3.63) is 17.7 Å². The Kier molecular flexibility index (Phi) is 5.53. The molecule has 8 nitrogen and oxygen atoms in total. The van der Waals surface area contributed by atoms with E-state index in [0.29, 0.717) is 34.9 Å². The molecule has 0 saturated carbocycles. The van der Waals surface area contributed by atoms with Crippen LogP contribution in [0.5, 0.6) is 5.75 Å². The van der Waals surface area contributed by atoms with E-state index >= 15 is 0 Å². The van der Waals surface area contributed by atoms with E-state index in [2.05, 4.69) is 15.4 Å². The Bertz CT molecular complexity index is 697. The van der Waals surface area contributed by atoms with Crippen LogP contribution in [0.1, 0.15) is 19.4 Å². The molecule has 0 atom stereocenters. The zero-order valence-corrected chi connectivity index (χ0v) is 14.0. The number of aryl methyl sites for hydroxylation is 1. The number of amidine groups is 1. The van der Waals surface area contributed by atoms with Crippen LogP contribution in [0.15, 0.2) is 22.2 Å². The molecule has 0 bridgehead atoms. The predicted octanol–water partition coefficient (Wildman–Crippen LogP) is 1.23. The standard InChI is InChI=1S/C16H23N5O3/c1-9(2)21-16(17)15(13(8-23)20-21)19-12-6-10(3)14(24)7-11(12)18-4-5-22/h6-7,9,17-18,22-24H,4-5,8H2,1-3H3. The minimum Gasteiger partial charge on any atom is -0.508 e. The molecule has 0 spiro atoms. The van der Waals surface area contributed by atoms with E-state index in [-0.39, 0.29) is 30.8 Å². The predicted molar refractivity (Wildman–Crippen MR) is 94.7 cm³/mol. The van der Waals surface area contributed by atoms with Crippen LogP contribution in [-0.4, -0.2) is 63.4 Å². The molecule has 0 aromatic heterocycles. The lowest BCUT2D eigenvalue weighted by molar-refractivity contribution is 0.311. The summed E-state index contributed by atoms with van der Waals surface area (Å²) in [5, 5.41) is 45.3. The Hall–Kier alpha value is -2.45. The molecule has 130 valence electrons. The van der Waals surface area contributed by atoms with Crippen LogP contribution < -0.4 is 5.32 Å². The van der Waals surface area contributed by atoms with Gasteiger partial charge in [0.2, 0.25) is 0 Å². The molecule has 1 aromatic rings. The zero-order valence-electron chi connectivity index (χ0n) is 14.0. The molecule has 1 aliphatic heterocycles. The van der Waals surface area contributed by atoms with E-state index in [1.54, 1.807) is 13.0 Å². The average molecular weight is 333 g/mol. The number of hydrogen-bond donors (Lipinski definition) is 5. The largest absolute Gasteiger partial charge is 0.508 e. The number of aromatic hydroxyl groups is 1. The Balaban J connectivity index is 2.48. The number of hydrazone groups is 1. The Morgan fingerprint density at radius 2 is 2.04 bits per heavy atom. The fourth-order valence-corrected chi connectivity index (χ4v) is 2.30. The normalized spacial score (nSPS) is 16.2. The summed E-state index contributed by atoms with van der Waals surface area (Å²) in [6.07, 6.45) is 0. The first kappa shape index (κ1) is 17.9. The zero-order chi connectivity index (χ0) is 17.9. The number of phenolic OH excluding ortho intramolecular Hbond substituents is 1. The number of aliphatic hydroxyl groups is 2. The SMILES string of the molecule is Cc1cc(N=C2C(=N)N(C(C)C)N=C2CO)c(NCCO)cc1O. The van der Waals surface area contributed by atoms with Crippen molar-refractivity contribution in [2.75, 3.05) is 25.1 Å². The lowest BCUT2D eigenvalue weighted by Crippen LogP contribution is -2.32. The number of aliphatic hydroxyl groups excluding tert-OH is 2. The first-order valence-electron chi connectivity index (χ1n) is 7.73. The van der Waals surface area contributed by atoms with Crippen molar-refractivity contribution < 1.29 is 15.3 Å². The highest BCUT2D eigenvalue weighted by Crippen LogP contribution is 2.33. The lowest BCUT2D eigenvalue weighted by atomic mass is 10.1. The van der Waals surface area contributed by atoms with Gasteiger partial charge in [-0.15, -0.1) is 0 Å². The molecule has 2 rings (SSSR count). The molecule has 0 aliphatic carbocycles. The molecule has 0 radical (unpaired) electrons. The van der Waals surface area contributed by atoms with E-state index in [1.165, 1.54) is 11.1 Å². The number of hydrogen-bond acceptors (Lipinski definition) is 7. The summed E-state index contributed by atoms with van der Waals surface area (Å²) in [5.74, 6) is 0.230. The van der Waals surface area contributed by atoms with Crippen LogP contribution in [0.2, 0.25) is 0 Å². The van der Waals surface area contributed by atoms with Crippen molar-refractivity contribution in [2.24, 2.45) is 10.1 Å². The Labute approximate surface area is 140 Å². The molecule has 24 heavy (non-hydrogen) atoms. The van der Waals surface area contributed by atoms with E-state index in [9.17, 15) is 10.2 Å². The molecular weight excluding hydrogens is 310 g/mol. The minimum absolute atomic E-state index is 0.0275. The summed E-state index contributed by atoms with van der Waals surface area (Å²) in [6.45, 7) is 5.46. The molecule has 1 aromatic carbocycles. The van der Waals surface area contributed by atoms with E-state index in [1.807, 2.05) is 13.8 Å². The van der Waals surface area contributed by atoms with Crippen molar-refractivity contribution >= 4 is 28.6 Å². The monoisotopic (exact) mass is 333 g/mol. The highest BCUT2D eigenvalue weighted by Gasteiger charge is 2.29. The molecule has 0 fully saturated rings. The molecule has 0 amide bonds. The van der Waals surface area contributed by atoms with Gasteiger partial charge in [0, 0.05) is 18.7 Å². The van der Waals surface area contributed by atoms with Crippen molar-refractivity contribution in [3.8, 4) is 5.75 Å². The second-order valence-corrected chi connectivity index (χ2v) is 5.76. The molecular formula is C16H23N5O3. The van der Waals surface area contributed by atoms with Crippen LogP contribution >= 0.6 is 0 Å². The van der Waals surface area contributed by atoms with Crippen molar-refractivity contribution in [1.82, 2.24) is 5.01 Å². The molecule has 1 heterocycles. The van der Waals surface area contributed by atoms with Crippen LogP contribution in [0.25, 0.3) is 0 Å². The molecule has 8 heteroatoms. The molecule has 0 unspecified atom stereocenters. The molecule has 1 aliphatic rings. The number of phenols is 1. The number of nitrogens with one attached hydrogen (secondary N) is 2. The third kappa shape index (κ3) is 3.55. The van der Waals surface area contributed by atoms with Gasteiger partial charge >= 0.3 is 0 Å². The van der Waals surface area contributed by atoms with Crippen LogP contribution in [0, 0.1) is 12.3 Å². The van der Waals surface area contributed by atoms with Gasteiger partial charge in [-0.3, -0.25) is 5.41 Å². The third-order valence-corrected chi connectivity index (χ3v) is 3.57. The van der Waals surface area contributed by atoms with Gasteiger partial charge in [0.15, 0.2) is 5.84 Å². The summed E-state index contributed by atoms with van der Waals surface area (Å²) in [6, 6.07) is 3.18. The van der Waals surface area contributed by atoms with E-state index < -0.39 is 0 Å². The topological polar surface area (TPSA) is 125 Å². The van der Waals surface area contributed by atoms with E-state index in [0.717, 1.165) is 0 Å². The van der Waals surface area contributed by atoms with Crippen molar-refractivity contribution in [3.63, 3.8) is 0 Å². The van der Waals surface area contributed by atoms with Gasteiger partial charge in [-0.2, -0.15) is 5.10 Å². The fourth-order valence-electron chi connectivity index (χ4n) is 2.30. The summed E-state index contributed by atoms with van der Waals surface area (Å²) >= 11 is 0. The number of anilines is 1. The number of aliphatic imine (C=N–C) groups is 1. The van der Waals surface area contributed by atoms with Gasteiger partial charge < -0.3 is 20.6 Å². The van der Waals surface area contributed by atoms with Crippen molar-refractivity contribution in [1.29, 1.82) is 5.41 Å². The maximum Gasteiger partial charge on any atom is 0.169 e. The second-order valence-electron chi connectivity index (χ2n) is 5.76. The number of nitrogens with zero attached hydrogens (tertiary/aromatic N) is 3. The second kappa shape index (κ2) is 7.41. The Morgan fingerprint density at radius 3 is 2.62 bits per heavy atom. The third-order valence-electron chi connectivity index (χ3n) is 3.57. The molecule has 0 saturated heterocycles. The maximum absolute atomic E-state index is 9.88. The summed E-state index contributed by atoms with van der Waals surface area (Å²) in [4.78, 5) is 4.48. The van der Waals surface area contributed by atoms with E-state index in [4.69, 9.17) is 10.5 Å². The van der Waals surface area contributed by atoms with Gasteiger partial charge in [-0.1, -0.05) is 0 Å². The highest BCUT2D eigenvalue weighted by atomic mass is 16.3. The minimum atomic E-state index is -0.319. The highest BCUT2D eigenvalue weighted by molar-refractivity contribution is 6.70. The lowest BCUT2D eigenvalue weighted by Gasteiger charge is -2.17. The van der Waals surface area contributed by atoms with Crippen LogP contribution in [0.4, 0.5) is 11.4 Å². The van der Waals surface area contributed by atoms with Gasteiger partial charge in [0.1, 0.15) is 17.2 Å². The Morgan fingerprint density at radius 1 is 1.33 bits per heavy atom.